The topological polar surface area (TPSA) is 136 Å². The first kappa shape index (κ1) is 35.5. The van der Waals surface area contributed by atoms with E-state index in [9.17, 15) is 27.9 Å². The van der Waals surface area contributed by atoms with Gasteiger partial charge in [-0.1, -0.05) is 78.4 Å². The van der Waals surface area contributed by atoms with Gasteiger partial charge in [0.2, 0.25) is 11.8 Å². The lowest BCUT2D eigenvalue weighted by Gasteiger charge is -2.55. The molecule has 12 nitrogen and oxygen atoms in total. The van der Waals surface area contributed by atoms with Crippen LogP contribution in [0, 0.1) is 6.92 Å². The molecule has 2 aliphatic rings. The molecule has 13 heteroatoms. The zero-order valence-corrected chi connectivity index (χ0v) is 30.0. The predicted octanol–water partition coefficient (Wildman–Crippen LogP) is 4.63. The van der Waals surface area contributed by atoms with Crippen molar-refractivity contribution in [2.24, 2.45) is 0 Å². The van der Waals surface area contributed by atoms with Crippen LogP contribution in [0.4, 0.5) is 4.79 Å². The van der Waals surface area contributed by atoms with Gasteiger partial charge in [-0.15, -0.1) is 6.58 Å². The summed E-state index contributed by atoms with van der Waals surface area (Å²) in [5, 5.41) is 16.8. The first-order valence-corrected chi connectivity index (χ1v) is 18.7. The van der Waals surface area contributed by atoms with Gasteiger partial charge in [-0.2, -0.15) is 0 Å². The van der Waals surface area contributed by atoms with E-state index in [-0.39, 0.29) is 61.6 Å². The average molecular weight is 733 g/mol. The molecule has 272 valence electrons. The second-order valence-electron chi connectivity index (χ2n) is 13.3. The van der Waals surface area contributed by atoms with Gasteiger partial charge in [0.25, 0.3) is 10.0 Å². The van der Waals surface area contributed by atoms with Crippen LogP contribution in [0.15, 0.2) is 127 Å². The van der Waals surface area contributed by atoms with Crippen LogP contribution in [0.2, 0.25) is 0 Å². The number of rotatable bonds is 10. The van der Waals surface area contributed by atoms with Crippen molar-refractivity contribution >= 4 is 38.8 Å². The van der Waals surface area contributed by atoms with Crippen molar-refractivity contribution in [2.45, 2.75) is 43.5 Å². The molecule has 0 aliphatic carbocycles. The van der Waals surface area contributed by atoms with E-state index in [1.807, 2.05) is 49.4 Å². The van der Waals surface area contributed by atoms with Crippen LogP contribution in [0.1, 0.15) is 22.3 Å². The maximum absolute atomic E-state index is 14.5. The summed E-state index contributed by atoms with van der Waals surface area (Å²) in [6.45, 7) is 6.17. The highest BCUT2D eigenvalue weighted by atomic mass is 32.2. The molecule has 0 spiro atoms. The summed E-state index contributed by atoms with van der Waals surface area (Å²) >= 11 is 0. The largest absolute Gasteiger partial charge is 0.508 e. The van der Waals surface area contributed by atoms with Gasteiger partial charge < -0.3 is 20.2 Å². The van der Waals surface area contributed by atoms with Gasteiger partial charge >= 0.3 is 6.03 Å². The van der Waals surface area contributed by atoms with Crippen LogP contribution < -0.4 is 5.32 Å². The van der Waals surface area contributed by atoms with Crippen LogP contribution in [0.3, 0.4) is 0 Å². The Morgan fingerprint density at radius 2 is 1.64 bits per heavy atom. The smallest absolute Gasteiger partial charge is 0.334 e. The molecule has 2 atom stereocenters. The van der Waals surface area contributed by atoms with Gasteiger partial charge in [0.05, 0.1) is 23.5 Å². The van der Waals surface area contributed by atoms with Gasteiger partial charge in [0.15, 0.2) is 0 Å². The van der Waals surface area contributed by atoms with Crippen molar-refractivity contribution in [3.63, 3.8) is 0 Å². The highest BCUT2D eigenvalue weighted by Gasteiger charge is 2.51. The lowest BCUT2D eigenvalue weighted by molar-refractivity contribution is -0.189. The summed E-state index contributed by atoms with van der Waals surface area (Å²) in [7, 11) is -3.91. The van der Waals surface area contributed by atoms with Crippen molar-refractivity contribution < 1.29 is 27.9 Å². The highest BCUT2D eigenvalue weighted by molar-refractivity contribution is 7.90. The number of aryl methyl sites for hydroxylation is 1. The minimum Gasteiger partial charge on any atom is -0.508 e. The number of urea groups is 1. The van der Waals surface area contributed by atoms with Crippen LogP contribution >= 0.6 is 0 Å². The maximum Gasteiger partial charge on any atom is 0.334 e. The van der Waals surface area contributed by atoms with E-state index in [0.29, 0.717) is 16.5 Å². The lowest BCUT2D eigenvalue weighted by Crippen LogP contribution is -2.76. The SMILES string of the molecule is C=CCN1CC(=O)N2[C@@H](Cc3ccc(O)cc3)C(=O)N(Cc3ccc4ccn(S(=O)(=O)c5ccc(C)cc5)c4c3)C[C@@H]2N1C(=O)NCc1ccccc1. The lowest BCUT2D eigenvalue weighted by atomic mass is 9.98. The molecule has 0 unspecified atom stereocenters. The number of hydrogen-bond acceptors (Lipinski definition) is 7. The summed E-state index contributed by atoms with van der Waals surface area (Å²) in [5.74, 6) is -0.545. The number of phenols is 1. The molecule has 53 heavy (non-hydrogen) atoms. The Balaban J connectivity index is 1.24. The molecule has 2 N–H and O–H groups in total. The van der Waals surface area contributed by atoms with Crippen molar-refractivity contribution in [1.82, 2.24) is 29.1 Å². The Morgan fingerprint density at radius 3 is 2.36 bits per heavy atom. The zero-order chi connectivity index (χ0) is 37.3. The fourth-order valence-corrected chi connectivity index (χ4v) is 8.40. The second kappa shape index (κ2) is 14.6. The van der Waals surface area contributed by atoms with Gasteiger partial charge in [0.1, 0.15) is 18.0 Å². The predicted molar refractivity (Wildman–Crippen MR) is 200 cm³/mol. The Kier molecular flexibility index (Phi) is 9.78. The number of hydrazine groups is 1. The van der Waals surface area contributed by atoms with Gasteiger partial charge in [-0.05, 0) is 60.0 Å². The maximum atomic E-state index is 14.5. The molecule has 5 aromatic rings. The standard InChI is InChI=1S/C40H40N6O6S/c1-3-20-43-27-38(48)45-36(22-29-12-15-33(47)16-13-29)39(49)42(26-37(45)46(43)40(50)41-24-30-7-5-4-6-8-30)25-31-11-14-32-19-21-44(35(32)23-31)53(51,52)34-17-9-28(2)10-18-34/h3-19,21,23,36-37,47H,1,20,22,24-27H2,2H3,(H,41,50)/t36-,37-/m0/s1. The van der Waals surface area contributed by atoms with E-state index in [4.69, 9.17) is 0 Å². The number of fused-ring (bicyclic) bond motifs is 2. The molecule has 4 aromatic carbocycles. The van der Waals surface area contributed by atoms with Crippen LogP contribution in [-0.2, 0) is 39.1 Å². The number of amides is 4. The first-order chi connectivity index (χ1) is 25.5. The number of benzene rings is 4. The molecule has 7 rings (SSSR count). The number of nitrogens with one attached hydrogen (secondary N) is 1. The average Bonchev–Trinajstić information content (AvgIpc) is 3.58. The molecule has 2 saturated heterocycles. The summed E-state index contributed by atoms with van der Waals surface area (Å²) < 4.78 is 28.7. The fourth-order valence-electron chi connectivity index (χ4n) is 7.05. The molecule has 0 radical (unpaired) electrons. The Hall–Kier alpha value is -5.92. The normalized spacial score (nSPS) is 17.9. The Bertz CT molecular complexity index is 2270. The van der Waals surface area contributed by atoms with E-state index in [1.54, 1.807) is 64.5 Å². The minimum atomic E-state index is -3.91. The first-order valence-electron chi connectivity index (χ1n) is 17.3. The van der Waals surface area contributed by atoms with E-state index in [2.05, 4.69) is 11.9 Å². The van der Waals surface area contributed by atoms with Gasteiger partial charge in [-0.3, -0.25) is 9.59 Å². The van der Waals surface area contributed by atoms with Crippen molar-refractivity contribution in [3.05, 3.63) is 144 Å². The Labute approximate surface area is 308 Å². The van der Waals surface area contributed by atoms with Crippen LogP contribution in [-0.4, -0.2) is 87.0 Å². The van der Waals surface area contributed by atoms with E-state index >= 15 is 0 Å². The molecular formula is C40H40N6O6S. The minimum absolute atomic E-state index is 0.00374. The number of carbonyl (C=O) groups excluding carboxylic acids is 3. The third kappa shape index (κ3) is 7.13. The second-order valence-corrected chi connectivity index (χ2v) is 15.1. The number of phenolic OH excluding ortho intramolecular Hbond substituents is 1. The molecule has 2 aliphatic heterocycles. The highest BCUT2D eigenvalue weighted by Crippen LogP contribution is 2.31. The molecule has 0 bridgehead atoms. The zero-order valence-electron chi connectivity index (χ0n) is 29.2. The van der Waals surface area contributed by atoms with Crippen molar-refractivity contribution in [2.75, 3.05) is 19.6 Å². The van der Waals surface area contributed by atoms with Crippen LogP contribution in [0.25, 0.3) is 10.9 Å². The van der Waals surface area contributed by atoms with Crippen LogP contribution in [0.5, 0.6) is 5.75 Å². The van der Waals surface area contributed by atoms with E-state index < -0.39 is 28.3 Å². The van der Waals surface area contributed by atoms with E-state index in [0.717, 1.165) is 16.7 Å². The number of aromatic nitrogens is 1. The number of nitrogens with zero attached hydrogens (tertiary/aromatic N) is 5. The van der Waals surface area contributed by atoms with Crippen molar-refractivity contribution in [3.8, 4) is 5.75 Å². The molecule has 0 saturated carbocycles. The third-order valence-electron chi connectivity index (χ3n) is 9.70. The molecule has 1 aromatic heterocycles. The molecule has 4 amide bonds. The summed E-state index contributed by atoms with van der Waals surface area (Å²) in [6, 6.07) is 28.4. The van der Waals surface area contributed by atoms with Crippen molar-refractivity contribution in [1.29, 1.82) is 0 Å². The molecular weight excluding hydrogens is 693 g/mol. The number of carbonyl (C=O) groups is 3. The third-order valence-corrected chi connectivity index (χ3v) is 11.4. The molecule has 3 heterocycles. The number of hydrogen-bond donors (Lipinski definition) is 2. The Morgan fingerprint density at radius 1 is 0.925 bits per heavy atom. The van der Waals surface area contributed by atoms with E-state index in [1.165, 1.54) is 32.2 Å². The summed E-state index contributed by atoms with van der Waals surface area (Å²) in [6.07, 6.45) is 2.43. The number of aromatic hydroxyl groups is 1. The quantitative estimate of drug-likeness (QED) is 0.200. The summed E-state index contributed by atoms with van der Waals surface area (Å²) in [4.78, 5) is 45.8. The fraction of sp³-hybridized carbons (Fsp3) is 0.225. The monoisotopic (exact) mass is 732 g/mol. The van der Waals surface area contributed by atoms with Gasteiger partial charge in [-0.25, -0.2) is 27.2 Å². The van der Waals surface area contributed by atoms with Gasteiger partial charge in [0, 0.05) is 37.6 Å². The number of piperazine rings is 1. The summed E-state index contributed by atoms with van der Waals surface area (Å²) in [5.41, 5.74) is 3.70. The molecule has 2 fully saturated rings.